The second kappa shape index (κ2) is 17.1. The maximum Gasteiger partial charge on any atom is 0.0972 e. The van der Waals surface area contributed by atoms with E-state index in [4.69, 9.17) is 15.0 Å². The molecule has 0 fully saturated rings. The first-order valence-corrected chi connectivity index (χ1v) is 26.8. The lowest BCUT2D eigenvalue weighted by Crippen LogP contribution is -2.28. The monoisotopic (exact) mass is 977 g/mol. The van der Waals surface area contributed by atoms with Crippen molar-refractivity contribution in [2.24, 2.45) is 0 Å². The molecule has 16 rings (SSSR count). The average Bonchev–Trinajstić information content (AvgIpc) is 4.03. The van der Waals surface area contributed by atoms with Gasteiger partial charge in [0.2, 0.25) is 0 Å². The van der Waals surface area contributed by atoms with Gasteiger partial charge in [-0.3, -0.25) is 0 Å². The molecule has 0 unspecified atom stereocenters. The first kappa shape index (κ1) is 43.6. The van der Waals surface area contributed by atoms with Gasteiger partial charge in [-0.15, -0.1) is 0 Å². The zero-order valence-electron chi connectivity index (χ0n) is 42.1. The molecule has 0 radical (unpaired) electrons. The van der Waals surface area contributed by atoms with Crippen LogP contribution >= 0.6 is 0 Å². The molecule has 3 aromatic heterocycles. The van der Waals surface area contributed by atoms with Crippen molar-refractivity contribution in [3.63, 3.8) is 0 Å². The molecule has 2 aliphatic rings. The Hall–Kier alpha value is -9.83. The van der Waals surface area contributed by atoms with Crippen LogP contribution in [-0.2, 0) is 11.8 Å². The third kappa shape index (κ3) is 6.67. The van der Waals surface area contributed by atoms with Crippen molar-refractivity contribution in [3.05, 3.63) is 288 Å². The van der Waals surface area contributed by atoms with Gasteiger partial charge in [0, 0.05) is 38.2 Å². The molecule has 0 amide bonds. The van der Waals surface area contributed by atoms with Crippen LogP contribution in [0.5, 0.6) is 0 Å². The first-order valence-electron chi connectivity index (χ1n) is 26.8. The Morgan fingerprint density at radius 3 is 1.70 bits per heavy atom. The van der Waals surface area contributed by atoms with E-state index in [0.29, 0.717) is 0 Å². The zero-order chi connectivity index (χ0) is 50.6. The molecule has 14 aromatic rings. The van der Waals surface area contributed by atoms with E-state index < -0.39 is 5.41 Å². The van der Waals surface area contributed by atoms with Gasteiger partial charge in [0.15, 0.2) is 0 Å². The number of para-hydroxylation sites is 1. The van der Waals surface area contributed by atoms with Crippen molar-refractivity contribution in [2.45, 2.75) is 18.3 Å². The van der Waals surface area contributed by atoms with E-state index in [2.05, 4.69) is 255 Å². The highest BCUT2D eigenvalue weighted by Gasteiger charge is 2.46. The average molecular weight is 978 g/mol. The predicted octanol–water partition coefficient (Wildman–Crippen LogP) is 18.8. The Morgan fingerprint density at radius 1 is 0.338 bits per heavy atom. The fourth-order valence-corrected chi connectivity index (χ4v) is 13.2. The molecule has 0 N–H and O–H groups in total. The highest BCUT2D eigenvalue weighted by atomic mass is 14.8. The van der Waals surface area contributed by atoms with Crippen molar-refractivity contribution in [1.29, 1.82) is 0 Å². The smallest absolute Gasteiger partial charge is 0.0972 e. The Balaban J connectivity index is 0.829. The summed E-state index contributed by atoms with van der Waals surface area (Å²) in [7, 11) is 0. The number of hydrogen-bond donors (Lipinski definition) is 0. The molecule has 0 atom stereocenters. The lowest BCUT2D eigenvalue weighted by atomic mass is 9.67. The molecule has 0 bridgehead atoms. The van der Waals surface area contributed by atoms with Gasteiger partial charge in [0.05, 0.1) is 39.0 Å². The molecular weight excluding hydrogens is 931 g/mol. The van der Waals surface area contributed by atoms with Gasteiger partial charge < -0.3 is 0 Å². The largest absolute Gasteiger partial charge is 0.247 e. The normalized spacial score (nSPS) is 13.4. The second-order valence-electron chi connectivity index (χ2n) is 20.9. The van der Waals surface area contributed by atoms with Crippen molar-refractivity contribution < 1.29 is 0 Å². The highest BCUT2D eigenvalue weighted by Crippen LogP contribution is 2.57. The minimum absolute atomic E-state index is 0.498. The van der Waals surface area contributed by atoms with Crippen molar-refractivity contribution in [2.75, 3.05) is 0 Å². The van der Waals surface area contributed by atoms with Gasteiger partial charge in [-0.05, 0) is 144 Å². The van der Waals surface area contributed by atoms with Crippen molar-refractivity contribution in [3.8, 4) is 56.0 Å². The minimum Gasteiger partial charge on any atom is -0.247 e. The molecular formula is C74H47N3. The lowest BCUT2D eigenvalue weighted by Gasteiger charge is -2.34. The zero-order valence-corrected chi connectivity index (χ0v) is 42.1. The van der Waals surface area contributed by atoms with Crippen LogP contribution in [-0.4, -0.2) is 15.0 Å². The maximum atomic E-state index is 5.54. The van der Waals surface area contributed by atoms with Gasteiger partial charge in [-0.25, -0.2) is 15.0 Å². The molecule has 358 valence electrons. The highest BCUT2D eigenvalue weighted by molar-refractivity contribution is 6.16. The summed E-state index contributed by atoms with van der Waals surface area (Å²) >= 11 is 0. The molecule has 0 saturated heterocycles. The molecule has 3 heterocycles. The summed E-state index contributed by atoms with van der Waals surface area (Å²) in [5.74, 6) is 0. The third-order valence-electron chi connectivity index (χ3n) is 16.7. The SMILES string of the molecule is C1=Cc2c(c3cc(-c4cccc(-c5nc6ccccc6c6cc7c(cc56)-c5ccccc5C7(c5ccccc5)c5ccccc5)c4)ccc3c3ccc(-c4ccc5ccc6ccc(-c7ccccc7)nc6c5n4)cc23)CC1. The Labute approximate surface area is 446 Å². The van der Waals surface area contributed by atoms with Crippen LogP contribution in [0.15, 0.2) is 255 Å². The van der Waals surface area contributed by atoms with Gasteiger partial charge in [-0.2, -0.15) is 0 Å². The summed E-state index contributed by atoms with van der Waals surface area (Å²) in [5.41, 5.74) is 21.2. The number of rotatable bonds is 6. The number of nitrogens with zero attached hydrogens (tertiary/aromatic N) is 3. The standard InChI is InChI=1S/C74H47N3/c1-4-17-46(18-5-1)68-39-35-47-31-32-48-36-40-69(76-73(48)72(47)75-68)51-34-38-58-57-37-33-50(42-61(57)55-25-10-11-26-56(55)62(58)43-51)49-19-16-20-52(41-49)71-65-44-64-59-27-12-14-29-66(59)74(53-21-6-2-7-22-53,54-23-8-3-9-24-54)67(64)45-63(65)60-28-13-15-30-70(60)77-71/h1-9,11-24,26-45H,10,25H2. The summed E-state index contributed by atoms with van der Waals surface area (Å²) < 4.78 is 0. The molecule has 77 heavy (non-hydrogen) atoms. The Morgan fingerprint density at radius 2 is 0.935 bits per heavy atom. The van der Waals surface area contributed by atoms with Crippen molar-refractivity contribution in [1.82, 2.24) is 15.0 Å². The lowest BCUT2D eigenvalue weighted by molar-refractivity contribution is 0.769. The van der Waals surface area contributed by atoms with E-state index >= 15 is 0 Å². The van der Waals surface area contributed by atoms with Crippen LogP contribution in [0.3, 0.4) is 0 Å². The van der Waals surface area contributed by atoms with Crippen LogP contribution in [0.25, 0.3) is 127 Å². The maximum absolute atomic E-state index is 5.54. The second-order valence-corrected chi connectivity index (χ2v) is 20.9. The first-order chi connectivity index (χ1) is 38.2. The summed E-state index contributed by atoms with van der Waals surface area (Å²) in [6.45, 7) is 0. The third-order valence-corrected chi connectivity index (χ3v) is 16.7. The van der Waals surface area contributed by atoms with E-state index in [1.54, 1.807) is 0 Å². The van der Waals surface area contributed by atoms with Gasteiger partial charge in [0.1, 0.15) is 0 Å². The van der Waals surface area contributed by atoms with Crippen LogP contribution in [0.1, 0.15) is 39.8 Å². The van der Waals surface area contributed by atoms with Gasteiger partial charge in [-0.1, -0.05) is 212 Å². The van der Waals surface area contributed by atoms with Gasteiger partial charge in [0.25, 0.3) is 0 Å². The number of pyridine rings is 3. The summed E-state index contributed by atoms with van der Waals surface area (Å²) in [6, 6.07) is 91.2. The number of aromatic nitrogens is 3. The quantitative estimate of drug-likeness (QED) is 0.156. The van der Waals surface area contributed by atoms with Crippen LogP contribution in [0.2, 0.25) is 0 Å². The number of benzene rings is 11. The van der Waals surface area contributed by atoms with Crippen LogP contribution in [0, 0.1) is 0 Å². The Bertz CT molecular complexity index is 4750. The number of aryl methyl sites for hydroxylation is 1. The molecule has 0 aliphatic heterocycles. The fraction of sp³-hybridized carbons (Fsp3) is 0.0405. The van der Waals surface area contributed by atoms with E-state index in [-0.39, 0.29) is 0 Å². The van der Waals surface area contributed by atoms with E-state index in [1.165, 1.54) is 82.6 Å². The minimum atomic E-state index is -0.498. The van der Waals surface area contributed by atoms with E-state index in [1.807, 2.05) is 6.07 Å². The predicted molar refractivity (Wildman–Crippen MR) is 321 cm³/mol. The molecule has 0 saturated carbocycles. The van der Waals surface area contributed by atoms with Crippen LogP contribution < -0.4 is 0 Å². The summed E-state index contributed by atoms with van der Waals surface area (Å²) in [4.78, 5) is 16.1. The van der Waals surface area contributed by atoms with E-state index in [0.717, 1.165) is 84.7 Å². The fourth-order valence-electron chi connectivity index (χ4n) is 13.2. The Kier molecular flexibility index (Phi) is 9.68. The van der Waals surface area contributed by atoms with Crippen molar-refractivity contribution >= 4 is 71.1 Å². The van der Waals surface area contributed by atoms with Crippen LogP contribution in [0.4, 0.5) is 0 Å². The molecule has 3 heteroatoms. The van der Waals surface area contributed by atoms with E-state index in [9.17, 15) is 0 Å². The molecule has 0 spiro atoms. The molecule has 11 aromatic carbocycles. The molecule has 2 aliphatic carbocycles. The number of fused-ring (bicyclic) bond motifs is 15. The summed E-state index contributed by atoms with van der Waals surface area (Å²) in [5, 5.41) is 10.8. The topological polar surface area (TPSA) is 38.7 Å². The summed E-state index contributed by atoms with van der Waals surface area (Å²) in [6.07, 6.45) is 6.68. The molecule has 3 nitrogen and oxygen atoms in total. The number of hydrogen-bond acceptors (Lipinski definition) is 3. The van der Waals surface area contributed by atoms with Gasteiger partial charge >= 0.3 is 0 Å². The number of allylic oxidation sites excluding steroid dienone is 1.